The number of rotatable bonds is 1. The van der Waals surface area contributed by atoms with Crippen LogP contribution in [0.15, 0.2) is 103 Å². The average molecular weight is 451 g/mol. The first-order valence-electron chi connectivity index (χ1n) is 12.3. The van der Waals surface area contributed by atoms with Crippen LogP contribution in [0.3, 0.4) is 0 Å². The van der Waals surface area contributed by atoms with E-state index in [1.54, 1.807) is 0 Å². The van der Waals surface area contributed by atoms with E-state index in [1.165, 1.54) is 49.8 Å². The third kappa shape index (κ3) is 3.04. The van der Waals surface area contributed by atoms with Crippen molar-refractivity contribution in [2.75, 3.05) is 4.90 Å². The smallest absolute Gasteiger partial charge is 0.431 e. The minimum absolute atomic E-state index is 0.0142. The first-order valence-corrected chi connectivity index (χ1v) is 12.3. The molecule has 0 aromatic heterocycles. The Balaban J connectivity index is 1.62. The summed E-state index contributed by atoms with van der Waals surface area (Å²) in [4.78, 5) is 2.43. The summed E-state index contributed by atoms with van der Waals surface area (Å²) < 4.78 is 6.80. The highest BCUT2D eigenvalue weighted by atomic mass is 16.4. The fraction of sp³-hybridized carbons (Fsp3) is 0.125. The number of para-hydroxylation sites is 2. The Bertz CT molecular complexity index is 1620. The third-order valence-electron chi connectivity index (χ3n) is 7.38. The van der Waals surface area contributed by atoms with Crippen molar-refractivity contribution in [3.05, 3.63) is 109 Å². The van der Waals surface area contributed by atoms with Gasteiger partial charge in [0.15, 0.2) is 0 Å². The van der Waals surface area contributed by atoms with Crippen molar-refractivity contribution in [2.24, 2.45) is 0 Å². The Labute approximate surface area is 206 Å². The molecule has 3 heteroatoms. The molecule has 0 unspecified atom stereocenters. The van der Waals surface area contributed by atoms with Crippen LogP contribution in [0.2, 0.25) is 0 Å². The maximum atomic E-state index is 6.80. The Morgan fingerprint density at radius 2 is 1.34 bits per heavy atom. The van der Waals surface area contributed by atoms with Crippen LogP contribution >= 0.6 is 0 Å². The van der Waals surface area contributed by atoms with Crippen LogP contribution < -0.4 is 20.5 Å². The first kappa shape index (κ1) is 20.4. The van der Waals surface area contributed by atoms with Gasteiger partial charge in [0, 0.05) is 28.1 Å². The topological polar surface area (TPSA) is 12.5 Å². The van der Waals surface area contributed by atoms with E-state index in [2.05, 4.69) is 129 Å². The van der Waals surface area contributed by atoms with Crippen LogP contribution in [-0.2, 0) is 5.41 Å². The zero-order valence-corrected chi connectivity index (χ0v) is 20.2. The summed E-state index contributed by atoms with van der Waals surface area (Å²) in [5.41, 5.74) is 9.80. The van der Waals surface area contributed by atoms with Crippen LogP contribution in [0.5, 0.6) is 5.75 Å². The van der Waals surface area contributed by atoms with Gasteiger partial charge in [-0.15, -0.1) is 0 Å². The second-order valence-corrected chi connectivity index (χ2v) is 10.6. The number of anilines is 3. The summed E-state index contributed by atoms with van der Waals surface area (Å²) in [5, 5.41) is 2.47. The SMILES string of the molecule is CC(C)(C)c1cc2c3c(c1)N(c1ccccc1)c1cc4ccccc4cc1B3Oc1ccccc1-2. The van der Waals surface area contributed by atoms with Gasteiger partial charge in [0.2, 0.25) is 0 Å². The predicted octanol–water partition coefficient (Wildman–Crippen LogP) is 7.09. The molecule has 0 radical (unpaired) electrons. The van der Waals surface area contributed by atoms with Gasteiger partial charge >= 0.3 is 6.92 Å². The number of nitrogens with zero attached hydrogens (tertiary/aromatic N) is 1. The highest BCUT2D eigenvalue weighted by Gasteiger charge is 2.43. The van der Waals surface area contributed by atoms with Crippen molar-refractivity contribution in [3.8, 4) is 16.9 Å². The molecular weight excluding hydrogens is 425 g/mol. The summed E-state index contributed by atoms with van der Waals surface area (Å²) >= 11 is 0. The van der Waals surface area contributed by atoms with Gasteiger partial charge in [0.05, 0.1) is 0 Å². The summed E-state index contributed by atoms with van der Waals surface area (Å²) in [6.07, 6.45) is 0. The molecule has 35 heavy (non-hydrogen) atoms. The monoisotopic (exact) mass is 451 g/mol. The van der Waals surface area contributed by atoms with E-state index in [4.69, 9.17) is 4.65 Å². The van der Waals surface area contributed by atoms with Crippen LogP contribution in [0.1, 0.15) is 26.3 Å². The van der Waals surface area contributed by atoms with E-state index in [-0.39, 0.29) is 12.3 Å². The van der Waals surface area contributed by atoms with Gasteiger partial charge < -0.3 is 9.55 Å². The van der Waals surface area contributed by atoms with Crippen molar-refractivity contribution in [2.45, 2.75) is 26.2 Å². The largest absolute Gasteiger partial charge is 0.551 e. The minimum atomic E-state index is -0.150. The van der Waals surface area contributed by atoms with Crippen LogP contribution in [-0.4, -0.2) is 6.92 Å². The summed E-state index contributed by atoms with van der Waals surface area (Å²) in [7, 11) is 0. The summed E-state index contributed by atoms with van der Waals surface area (Å²) in [5.74, 6) is 0.953. The molecule has 0 N–H and O–H groups in total. The zero-order valence-electron chi connectivity index (χ0n) is 20.2. The second kappa shape index (κ2) is 7.26. The zero-order chi connectivity index (χ0) is 23.7. The van der Waals surface area contributed by atoms with E-state index in [0.717, 1.165) is 11.4 Å². The molecule has 5 aromatic rings. The van der Waals surface area contributed by atoms with Crippen LogP contribution in [0, 0.1) is 0 Å². The third-order valence-corrected chi connectivity index (χ3v) is 7.38. The lowest BCUT2D eigenvalue weighted by molar-refractivity contribution is 0.584. The van der Waals surface area contributed by atoms with Crippen LogP contribution in [0.25, 0.3) is 21.9 Å². The lowest BCUT2D eigenvalue weighted by Gasteiger charge is -2.41. The van der Waals surface area contributed by atoms with Crippen molar-refractivity contribution in [3.63, 3.8) is 0 Å². The molecular formula is C32H26BNO. The molecule has 2 aliphatic rings. The molecule has 2 heterocycles. The normalized spacial score (nSPS) is 13.7. The highest BCUT2D eigenvalue weighted by Crippen LogP contribution is 2.45. The Morgan fingerprint density at radius 3 is 2.11 bits per heavy atom. The first-order chi connectivity index (χ1) is 17.0. The molecule has 0 saturated carbocycles. The van der Waals surface area contributed by atoms with Gasteiger partial charge in [-0.05, 0) is 63.1 Å². The molecule has 2 nitrogen and oxygen atoms in total. The van der Waals surface area contributed by atoms with E-state index < -0.39 is 0 Å². The van der Waals surface area contributed by atoms with Crippen molar-refractivity contribution in [1.29, 1.82) is 0 Å². The number of hydrogen-bond donors (Lipinski definition) is 0. The Morgan fingerprint density at radius 1 is 0.657 bits per heavy atom. The molecule has 0 bridgehead atoms. The van der Waals surface area contributed by atoms with Gasteiger partial charge in [-0.1, -0.05) is 93.6 Å². The lowest BCUT2D eigenvalue weighted by Crippen LogP contribution is -2.56. The van der Waals surface area contributed by atoms with E-state index in [9.17, 15) is 0 Å². The summed E-state index contributed by atoms with van der Waals surface area (Å²) in [6.45, 7) is 6.73. The maximum absolute atomic E-state index is 6.80. The minimum Gasteiger partial charge on any atom is -0.551 e. The predicted molar refractivity (Wildman–Crippen MR) is 148 cm³/mol. The molecule has 7 rings (SSSR count). The van der Waals surface area contributed by atoms with E-state index in [0.29, 0.717) is 0 Å². The standard InChI is InChI=1S/C32H26BNO/c1-32(2,3)23-19-26-25-15-9-10-16-30(25)35-33-27-17-21-11-7-8-12-22(21)18-28(27)34(29(20-23)31(26)33)24-13-5-4-6-14-24/h4-20H,1-3H3. The lowest BCUT2D eigenvalue weighted by atomic mass is 9.49. The van der Waals surface area contributed by atoms with Crippen molar-refractivity contribution >= 4 is 45.7 Å². The van der Waals surface area contributed by atoms with Gasteiger partial charge in [-0.2, -0.15) is 0 Å². The number of hydrogen-bond acceptors (Lipinski definition) is 2. The highest BCUT2D eigenvalue weighted by molar-refractivity contribution is 6.85. The van der Waals surface area contributed by atoms with Crippen molar-refractivity contribution < 1.29 is 4.65 Å². The summed E-state index contributed by atoms with van der Waals surface area (Å²) in [6, 6.07) is 37.2. The molecule has 0 aliphatic carbocycles. The van der Waals surface area contributed by atoms with E-state index in [1.807, 2.05) is 0 Å². The number of benzene rings is 5. The Kier molecular flexibility index (Phi) is 4.23. The second-order valence-electron chi connectivity index (χ2n) is 10.6. The molecule has 0 atom stereocenters. The van der Waals surface area contributed by atoms with Gasteiger partial charge in [-0.25, -0.2) is 0 Å². The van der Waals surface area contributed by atoms with Crippen LogP contribution in [0.4, 0.5) is 17.1 Å². The molecule has 0 spiro atoms. The van der Waals surface area contributed by atoms with Crippen molar-refractivity contribution in [1.82, 2.24) is 0 Å². The molecule has 0 saturated heterocycles. The maximum Gasteiger partial charge on any atom is 0.431 e. The fourth-order valence-electron chi connectivity index (χ4n) is 5.59. The van der Waals surface area contributed by atoms with Gasteiger partial charge in [0.25, 0.3) is 0 Å². The molecule has 168 valence electrons. The number of fused-ring (bicyclic) bond motifs is 5. The molecule has 0 fully saturated rings. The van der Waals surface area contributed by atoms with Gasteiger partial charge in [0.1, 0.15) is 5.75 Å². The average Bonchev–Trinajstić information content (AvgIpc) is 2.87. The molecule has 2 aliphatic heterocycles. The molecule has 5 aromatic carbocycles. The quantitative estimate of drug-likeness (QED) is 0.253. The fourth-order valence-corrected chi connectivity index (χ4v) is 5.59. The Hall–Kier alpha value is -3.98. The van der Waals surface area contributed by atoms with Gasteiger partial charge in [-0.3, -0.25) is 0 Å². The van der Waals surface area contributed by atoms with E-state index >= 15 is 0 Å². The molecule has 0 amide bonds.